The van der Waals surface area contributed by atoms with E-state index in [1.807, 2.05) is 13.8 Å². The second kappa shape index (κ2) is 5.78. The molecule has 0 unspecified atom stereocenters. The number of likely N-dealkylation sites (tertiary alicyclic amines) is 1. The smallest absolute Gasteiger partial charge is 0.135 e. The lowest BCUT2D eigenvalue weighted by Crippen LogP contribution is -2.51. The molecular weight excluding hydrogens is 202 g/mol. The fourth-order valence-corrected chi connectivity index (χ4v) is 2.32. The van der Waals surface area contributed by atoms with Gasteiger partial charge in [-0.3, -0.25) is 4.79 Å². The first kappa shape index (κ1) is 13.7. The number of rotatable bonds is 5. The van der Waals surface area contributed by atoms with Gasteiger partial charge in [0.25, 0.3) is 0 Å². The van der Waals surface area contributed by atoms with E-state index in [9.17, 15) is 9.90 Å². The molecule has 1 aliphatic heterocycles. The third-order valence-corrected chi connectivity index (χ3v) is 3.77. The van der Waals surface area contributed by atoms with Crippen molar-refractivity contribution in [1.29, 1.82) is 0 Å². The lowest BCUT2D eigenvalue weighted by atomic mass is 10.0. The zero-order chi connectivity index (χ0) is 12.2. The molecule has 3 heteroatoms. The molecule has 1 heterocycles. The summed E-state index contributed by atoms with van der Waals surface area (Å²) in [6.45, 7) is 7.12. The maximum atomic E-state index is 11.5. The Balaban J connectivity index is 2.24. The Hall–Kier alpha value is -0.410. The van der Waals surface area contributed by atoms with E-state index in [0.29, 0.717) is 12.2 Å². The lowest BCUT2D eigenvalue weighted by Gasteiger charge is -2.39. The maximum absolute atomic E-state index is 11.5. The van der Waals surface area contributed by atoms with Crippen LogP contribution >= 0.6 is 0 Å². The van der Waals surface area contributed by atoms with Crippen LogP contribution in [0.25, 0.3) is 0 Å². The van der Waals surface area contributed by atoms with Crippen LogP contribution in [0.5, 0.6) is 0 Å². The monoisotopic (exact) mass is 228 g/mol. The number of nitrogens with zero attached hydrogens (tertiary/aromatic N) is 1. The van der Waals surface area contributed by atoms with Crippen molar-refractivity contribution in [3.8, 4) is 0 Å². The minimum absolute atomic E-state index is 0.0940. The van der Waals surface area contributed by atoms with E-state index in [2.05, 4.69) is 7.05 Å². The molecule has 3 nitrogen and oxygen atoms in total. The van der Waals surface area contributed by atoms with Gasteiger partial charge in [-0.05, 0) is 0 Å². The second-order valence-corrected chi connectivity index (χ2v) is 5.75. The molecule has 94 valence electrons. The van der Waals surface area contributed by atoms with E-state index in [-0.39, 0.29) is 12.0 Å². The summed E-state index contributed by atoms with van der Waals surface area (Å²) in [7, 11) is 2.24. The third kappa shape index (κ3) is 4.22. The summed E-state index contributed by atoms with van der Waals surface area (Å²) >= 11 is 0. The second-order valence-electron chi connectivity index (χ2n) is 5.75. The topological polar surface area (TPSA) is 37.3 Å². The highest BCUT2D eigenvalue weighted by molar-refractivity contribution is 5.80. The van der Waals surface area contributed by atoms with Gasteiger partial charge in [0.15, 0.2) is 0 Å². The van der Waals surface area contributed by atoms with Crippen molar-refractivity contribution in [3.05, 3.63) is 0 Å². The van der Waals surface area contributed by atoms with Gasteiger partial charge in [-0.2, -0.15) is 0 Å². The molecule has 0 aromatic heterocycles. The molecule has 16 heavy (non-hydrogen) atoms. The summed E-state index contributed by atoms with van der Waals surface area (Å²) in [4.78, 5) is 11.5. The van der Waals surface area contributed by atoms with Gasteiger partial charge in [-0.25, -0.2) is 0 Å². The first-order chi connectivity index (χ1) is 7.43. The van der Waals surface area contributed by atoms with Gasteiger partial charge in [0, 0.05) is 31.6 Å². The molecule has 1 N–H and O–H groups in total. The van der Waals surface area contributed by atoms with E-state index in [0.717, 1.165) is 43.4 Å². The Labute approximate surface area is 99.0 Å². The van der Waals surface area contributed by atoms with Gasteiger partial charge in [0.05, 0.1) is 32.8 Å². The SMILES string of the molecule is CC(C)C(=O)CCC[N+]1(C)CCC(O)CC1. The first-order valence-corrected chi connectivity index (χ1v) is 6.47. The summed E-state index contributed by atoms with van der Waals surface area (Å²) in [6.07, 6.45) is 3.43. The molecule has 0 radical (unpaired) electrons. The molecule has 1 rings (SSSR count). The van der Waals surface area contributed by atoms with Crippen molar-refractivity contribution in [3.63, 3.8) is 0 Å². The van der Waals surface area contributed by atoms with Gasteiger partial charge in [0.2, 0.25) is 0 Å². The van der Waals surface area contributed by atoms with E-state index >= 15 is 0 Å². The standard InChI is InChI=1S/C13H26NO2/c1-11(2)13(16)5-4-8-14(3)9-6-12(15)7-10-14/h11-12,15H,4-10H2,1-3H3/q+1. The fourth-order valence-electron chi connectivity index (χ4n) is 2.32. The molecular formula is C13H26NO2+. The number of carbonyl (C=O) groups excluding carboxylic acids is 1. The number of ketones is 1. The highest BCUT2D eigenvalue weighted by atomic mass is 16.3. The molecule has 0 spiro atoms. The zero-order valence-corrected chi connectivity index (χ0v) is 10.9. The van der Waals surface area contributed by atoms with Crippen LogP contribution in [0.1, 0.15) is 39.5 Å². The van der Waals surface area contributed by atoms with Gasteiger partial charge in [-0.15, -0.1) is 0 Å². The van der Waals surface area contributed by atoms with Crippen LogP contribution in [0.2, 0.25) is 0 Å². The Kier molecular flexibility index (Phi) is 4.93. The molecule has 1 aliphatic rings. The Morgan fingerprint density at radius 3 is 2.44 bits per heavy atom. The summed E-state index contributed by atoms with van der Waals surface area (Å²) in [5, 5.41) is 9.46. The number of carbonyl (C=O) groups is 1. The van der Waals surface area contributed by atoms with Crippen LogP contribution in [0, 0.1) is 5.92 Å². The zero-order valence-electron chi connectivity index (χ0n) is 10.9. The number of Topliss-reactive ketones (excluding diaryl/α,β-unsaturated/α-hetero) is 1. The molecule has 0 amide bonds. The quantitative estimate of drug-likeness (QED) is 0.726. The maximum Gasteiger partial charge on any atom is 0.135 e. The summed E-state index contributed by atoms with van der Waals surface area (Å²) in [5.41, 5.74) is 0. The van der Waals surface area contributed by atoms with Crippen LogP contribution < -0.4 is 0 Å². The third-order valence-electron chi connectivity index (χ3n) is 3.77. The highest BCUT2D eigenvalue weighted by Crippen LogP contribution is 2.18. The molecule has 0 saturated carbocycles. The van der Waals surface area contributed by atoms with E-state index in [4.69, 9.17) is 0 Å². The van der Waals surface area contributed by atoms with Crippen LogP contribution in [-0.4, -0.2) is 48.2 Å². The predicted octanol–water partition coefficient (Wildman–Crippen LogP) is 1.59. The summed E-state index contributed by atoms with van der Waals surface area (Å²) in [6, 6.07) is 0. The van der Waals surface area contributed by atoms with E-state index in [1.54, 1.807) is 0 Å². The van der Waals surface area contributed by atoms with Crippen molar-refractivity contribution < 1.29 is 14.4 Å². The number of hydrogen-bond donors (Lipinski definition) is 1. The van der Waals surface area contributed by atoms with E-state index < -0.39 is 0 Å². The van der Waals surface area contributed by atoms with Crippen LogP contribution in [0.15, 0.2) is 0 Å². The number of piperidine rings is 1. The van der Waals surface area contributed by atoms with Crippen molar-refractivity contribution in [2.75, 3.05) is 26.7 Å². The number of quaternary nitrogens is 1. The van der Waals surface area contributed by atoms with E-state index in [1.165, 1.54) is 0 Å². The Morgan fingerprint density at radius 1 is 1.38 bits per heavy atom. The van der Waals surface area contributed by atoms with Crippen LogP contribution in [0.4, 0.5) is 0 Å². The minimum atomic E-state index is -0.0940. The molecule has 1 saturated heterocycles. The molecule has 0 aliphatic carbocycles. The van der Waals surface area contributed by atoms with Gasteiger partial charge < -0.3 is 9.59 Å². The first-order valence-electron chi connectivity index (χ1n) is 6.47. The number of aliphatic hydroxyl groups is 1. The molecule has 0 aromatic carbocycles. The average molecular weight is 228 g/mol. The lowest BCUT2D eigenvalue weighted by molar-refractivity contribution is -0.915. The van der Waals surface area contributed by atoms with Crippen LogP contribution in [0.3, 0.4) is 0 Å². The molecule has 0 bridgehead atoms. The molecule has 1 fully saturated rings. The van der Waals surface area contributed by atoms with Gasteiger partial charge in [-0.1, -0.05) is 13.8 Å². The average Bonchev–Trinajstić information content (AvgIpc) is 2.23. The van der Waals surface area contributed by atoms with Crippen molar-refractivity contribution in [1.82, 2.24) is 0 Å². The van der Waals surface area contributed by atoms with Gasteiger partial charge >= 0.3 is 0 Å². The Morgan fingerprint density at radius 2 is 1.94 bits per heavy atom. The number of aliphatic hydroxyl groups excluding tert-OH is 1. The summed E-state index contributed by atoms with van der Waals surface area (Å²) < 4.78 is 1.03. The minimum Gasteiger partial charge on any atom is -0.393 e. The van der Waals surface area contributed by atoms with Crippen molar-refractivity contribution >= 4 is 5.78 Å². The summed E-state index contributed by atoms with van der Waals surface area (Å²) in [5.74, 6) is 0.553. The van der Waals surface area contributed by atoms with Crippen LogP contribution in [-0.2, 0) is 4.79 Å². The molecule has 0 aromatic rings. The molecule has 0 atom stereocenters. The predicted molar refractivity (Wildman–Crippen MR) is 65.1 cm³/mol. The van der Waals surface area contributed by atoms with Crippen molar-refractivity contribution in [2.24, 2.45) is 5.92 Å². The fraction of sp³-hybridized carbons (Fsp3) is 0.923. The Bertz CT molecular complexity index is 230. The highest BCUT2D eigenvalue weighted by Gasteiger charge is 2.28. The largest absolute Gasteiger partial charge is 0.393 e. The van der Waals surface area contributed by atoms with Gasteiger partial charge in [0.1, 0.15) is 5.78 Å². The number of hydrogen-bond acceptors (Lipinski definition) is 2. The normalized spacial score (nSPS) is 30.7. The van der Waals surface area contributed by atoms with Crippen molar-refractivity contribution in [2.45, 2.75) is 45.6 Å².